The van der Waals surface area contributed by atoms with Gasteiger partial charge in [-0.3, -0.25) is 0 Å². The Bertz CT molecular complexity index is 650. The standard InChI is InChI=1S/C13H9FN2OS2/c14-9-3-5-10(6-4-9)19-8-12-15-13(17-16-12)11-2-1-7-18-11/h1-7H,8H2. The van der Waals surface area contributed by atoms with Crippen molar-refractivity contribution in [3.05, 3.63) is 53.4 Å². The molecule has 19 heavy (non-hydrogen) atoms. The van der Waals surface area contributed by atoms with Crippen molar-refractivity contribution in [3.63, 3.8) is 0 Å². The molecule has 0 fully saturated rings. The van der Waals surface area contributed by atoms with Gasteiger partial charge >= 0.3 is 0 Å². The van der Waals surface area contributed by atoms with Crippen molar-refractivity contribution in [2.45, 2.75) is 10.6 Å². The third-order valence-electron chi connectivity index (χ3n) is 2.38. The first kappa shape index (κ1) is 12.4. The van der Waals surface area contributed by atoms with Crippen LogP contribution in [0.5, 0.6) is 0 Å². The van der Waals surface area contributed by atoms with E-state index in [1.807, 2.05) is 17.5 Å². The molecule has 0 atom stereocenters. The Balaban J connectivity index is 1.66. The molecule has 0 radical (unpaired) electrons. The highest BCUT2D eigenvalue weighted by Crippen LogP contribution is 2.25. The first-order valence-electron chi connectivity index (χ1n) is 5.56. The summed E-state index contributed by atoms with van der Waals surface area (Å²) in [7, 11) is 0. The molecule has 0 aliphatic carbocycles. The SMILES string of the molecule is Fc1ccc(SCc2noc(-c3cccs3)n2)cc1. The minimum Gasteiger partial charge on any atom is -0.333 e. The fourth-order valence-corrected chi connectivity index (χ4v) is 2.88. The largest absolute Gasteiger partial charge is 0.333 e. The zero-order valence-electron chi connectivity index (χ0n) is 9.75. The van der Waals surface area contributed by atoms with Crippen LogP contribution in [0, 0.1) is 5.82 Å². The molecule has 0 aliphatic heterocycles. The van der Waals surface area contributed by atoms with Crippen LogP contribution in [-0.4, -0.2) is 10.1 Å². The van der Waals surface area contributed by atoms with E-state index in [4.69, 9.17) is 4.52 Å². The molecule has 0 spiro atoms. The molecular formula is C13H9FN2OS2. The molecule has 6 heteroatoms. The van der Waals surface area contributed by atoms with E-state index >= 15 is 0 Å². The molecule has 2 heterocycles. The first-order chi connectivity index (χ1) is 9.31. The van der Waals surface area contributed by atoms with E-state index in [1.54, 1.807) is 35.2 Å². The second kappa shape index (κ2) is 5.54. The quantitative estimate of drug-likeness (QED) is 0.675. The van der Waals surface area contributed by atoms with Crippen LogP contribution >= 0.6 is 23.1 Å². The normalized spacial score (nSPS) is 10.8. The summed E-state index contributed by atoms with van der Waals surface area (Å²) >= 11 is 3.11. The maximum atomic E-state index is 12.8. The Kier molecular flexibility index (Phi) is 3.61. The van der Waals surface area contributed by atoms with Gasteiger partial charge in [0.25, 0.3) is 5.89 Å². The van der Waals surface area contributed by atoms with Crippen molar-refractivity contribution in [2.24, 2.45) is 0 Å². The van der Waals surface area contributed by atoms with Gasteiger partial charge < -0.3 is 4.52 Å². The minimum absolute atomic E-state index is 0.233. The van der Waals surface area contributed by atoms with Crippen LogP contribution in [0.25, 0.3) is 10.8 Å². The molecule has 96 valence electrons. The molecule has 3 rings (SSSR count). The van der Waals surface area contributed by atoms with Crippen LogP contribution in [-0.2, 0) is 5.75 Å². The van der Waals surface area contributed by atoms with E-state index in [9.17, 15) is 4.39 Å². The summed E-state index contributed by atoms with van der Waals surface area (Å²) in [6.45, 7) is 0. The smallest absolute Gasteiger partial charge is 0.268 e. The highest BCUT2D eigenvalue weighted by Gasteiger charge is 2.09. The molecule has 0 unspecified atom stereocenters. The zero-order valence-corrected chi connectivity index (χ0v) is 11.4. The van der Waals surface area contributed by atoms with Gasteiger partial charge in [0, 0.05) is 4.90 Å². The summed E-state index contributed by atoms with van der Waals surface area (Å²) in [6.07, 6.45) is 0. The van der Waals surface area contributed by atoms with Gasteiger partial charge in [-0.1, -0.05) is 11.2 Å². The van der Waals surface area contributed by atoms with Gasteiger partial charge in [0.1, 0.15) is 5.82 Å². The van der Waals surface area contributed by atoms with Gasteiger partial charge in [0.15, 0.2) is 5.82 Å². The molecule has 0 N–H and O–H groups in total. The lowest BCUT2D eigenvalue weighted by atomic mass is 10.4. The number of thiophene rings is 1. The summed E-state index contributed by atoms with van der Waals surface area (Å²) in [5, 5.41) is 5.90. The monoisotopic (exact) mass is 292 g/mol. The lowest BCUT2D eigenvalue weighted by molar-refractivity contribution is 0.426. The Morgan fingerprint density at radius 3 is 2.79 bits per heavy atom. The second-order valence-electron chi connectivity index (χ2n) is 3.74. The van der Waals surface area contributed by atoms with Crippen molar-refractivity contribution >= 4 is 23.1 Å². The number of rotatable bonds is 4. The fraction of sp³-hybridized carbons (Fsp3) is 0.0769. The van der Waals surface area contributed by atoms with Crippen molar-refractivity contribution in [1.82, 2.24) is 10.1 Å². The van der Waals surface area contributed by atoms with Gasteiger partial charge in [0.2, 0.25) is 0 Å². The minimum atomic E-state index is -0.233. The predicted molar refractivity (Wildman–Crippen MR) is 73.6 cm³/mol. The van der Waals surface area contributed by atoms with E-state index in [0.29, 0.717) is 17.5 Å². The van der Waals surface area contributed by atoms with Crippen LogP contribution in [0.3, 0.4) is 0 Å². The van der Waals surface area contributed by atoms with Gasteiger partial charge in [-0.2, -0.15) is 4.98 Å². The van der Waals surface area contributed by atoms with Crippen molar-refractivity contribution in [3.8, 4) is 10.8 Å². The molecule has 0 saturated heterocycles. The van der Waals surface area contributed by atoms with Crippen LogP contribution < -0.4 is 0 Å². The van der Waals surface area contributed by atoms with Crippen LogP contribution in [0.1, 0.15) is 5.82 Å². The average Bonchev–Trinajstić information content (AvgIpc) is 3.09. The number of hydrogen-bond donors (Lipinski definition) is 0. The van der Waals surface area contributed by atoms with Crippen molar-refractivity contribution in [2.75, 3.05) is 0 Å². The Hall–Kier alpha value is -1.66. The molecule has 3 nitrogen and oxygen atoms in total. The first-order valence-corrected chi connectivity index (χ1v) is 7.42. The molecule has 0 aliphatic rings. The average molecular weight is 292 g/mol. The number of nitrogens with zero attached hydrogens (tertiary/aromatic N) is 2. The summed E-state index contributed by atoms with van der Waals surface area (Å²) in [4.78, 5) is 6.26. The van der Waals surface area contributed by atoms with Crippen LogP contribution in [0.2, 0.25) is 0 Å². The molecule has 0 saturated carbocycles. The molecule has 0 bridgehead atoms. The number of benzene rings is 1. The maximum absolute atomic E-state index is 12.8. The Morgan fingerprint density at radius 1 is 1.21 bits per heavy atom. The van der Waals surface area contributed by atoms with Crippen molar-refractivity contribution in [1.29, 1.82) is 0 Å². The molecule has 0 amide bonds. The predicted octanol–water partition coefficient (Wildman–Crippen LogP) is 4.23. The van der Waals surface area contributed by atoms with Gasteiger partial charge in [0.05, 0.1) is 10.6 Å². The van der Waals surface area contributed by atoms with E-state index in [1.165, 1.54) is 12.1 Å². The number of aromatic nitrogens is 2. The summed E-state index contributed by atoms with van der Waals surface area (Å²) in [6, 6.07) is 10.2. The highest BCUT2D eigenvalue weighted by atomic mass is 32.2. The lowest BCUT2D eigenvalue weighted by Crippen LogP contribution is -1.84. The Morgan fingerprint density at radius 2 is 2.05 bits per heavy atom. The second-order valence-corrected chi connectivity index (χ2v) is 5.73. The highest BCUT2D eigenvalue weighted by molar-refractivity contribution is 7.98. The lowest BCUT2D eigenvalue weighted by Gasteiger charge is -1.97. The zero-order chi connectivity index (χ0) is 13.1. The van der Waals surface area contributed by atoms with Crippen molar-refractivity contribution < 1.29 is 8.91 Å². The summed E-state index contributed by atoms with van der Waals surface area (Å²) in [5.41, 5.74) is 0. The van der Waals surface area contributed by atoms with E-state index in [-0.39, 0.29) is 5.82 Å². The Labute approximate surface area is 117 Å². The van der Waals surface area contributed by atoms with E-state index in [2.05, 4.69) is 10.1 Å². The number of hydrogen-bond acceptors (Lipinski definition) is 5. The molecule has 1 aromatic carbocycles. The van der Waals surface area contributed by atoms with Crippen LogP contribution in [0.15, 0.2) is 51.2 Å². The molecular weight excluding hydrogens is 283 g/mol. The molecule has 2 aromatic heterocycles. The molecule has 3 aromatic rings. The third-order valence-corrected chi connectivity index (χ3v) is 4.25. The number of thioether (sulfide) groups is 1. The fourth-order valence-electron chi connectivity index (χ4n) is 1.49. The van der Waals surface area contributed by atoms with Gasteiger partial charge in [-0.15, -0.1) is 23.1 Å². The summed E-state index contributed by atoms with van der Waals surface area (Å²) < 4.78 is 18.0. The van der Waals surface area contributed by atoms with Gasteiger partial charge in [-0.25, -0.2) is 4.39 Å². The number of halogens is 1. The topological polar surface area (TPSA) is 38.9 Å². The third kappa shape index (κ3) is 3.02. The summed E-state index contributed by atoms with van der Waals surface area (Å²) in [5.74, 6) is 1.55. The van der Waals surface area contributed by atoms with Gasteiger partial charge in [-0.05, 0) is 35.7 Å². The van der Waals surface area contributed by atoms with E-state index < -0.39 is 0 Å². The van der Waals surface area contributed by atoms with E-state index in [0.717, 1.165) is 9.77 Å². The van der Waals surface area contributed by atoms with Crippen LogP contribution in [0.4, 0.5) is 4.39 Å². The maximum Gasteiger partial charge on any atom is 0.268 e.